The number of rotatable bonds is 3. The number of carbonyl (C=O) groups is 1. The van der Waals surface area contributed by atoms with Gasteiger partial charge >= 0.3 is 0 Å². The van der Waals surface area contributed by atoms with Crippen LogP contribution < -0.4 is 10.1 Å². The summed E-state index contributed by atoms with van der Waals surface area (Å²) < 4.78 is 5.12. The largest absolute Gasteiger partial charge is 0.497 e. The molecule has 0 saturated heterocycles. The zero-order valence-corrected chi connectivity index (χ0v) is 11.1. The predicted octanol–water partition coefficient (Wildman–Crippen LogP) is 2.93. The van der Waals surface area contributed by atoms with Crippen LogP contribution in [0.2, 0.25) is 0 Å². The van der Waals surface area contributed by atoms with Gasteiger partial charge in [-0.1, -0.05) is 0 Å². The zero-order valence-electron chi connectivity index (χ0n) is 11.1. The summed E-state index contributed by atoms with van der Waals surface area (Å²) in [5.41, 5.74) is 0.878. The summed E-state index contributed by atoms with van der Waals surface area (Å²) in [7, 11) is 1.65. The highest BCUT2D eigenvalue weighted by Crippen LogP contribution is 2.69. The number of carbonyl (C=O) groups excluding carboxylic acids is 1. The van der Waals surface area contributed by atoms with Crippen LogP contribution in [-0.4, -0.2) is 13.0 Å². The molecule has 3 saturated carbocycles. The van der Waals surface area contributed by atoms with Gasteiger partial charge in [0.25, 0.3) is 0 Å². The minimum Gasteiger partial charge on any atom is -0.497 e. The summed E-state index contributed by atoms with van der Waals surface area (Å²) in [5.74, 6) is 4.46. The summed E-state index contributed by atoms with van der Waals surface area (Å²) in [6.07, 6.45) is 4.11. The van der Waals surface area contributed by atoms with Gasteiger partial charge in [0.2, 0.25) is 5.91 Å². The van der Waals surface area contributed by atoms with E-state index in [2.05, 4.69) is 5.32 Å². The first-order valence-electron chi connectivity index (χ1n) is 7.23. The molecule has 19 heavy (non-hydrogen) atoms. The Morgan fingerprint density at radius 1 is 1.16 bits per heavy atom. The Labute approximate surface area is 113 Å². The molecule has 3 heteroatoms. The van der Waals surface area contributed by atoms with Crippen LogP contribution >= 0.6 is 0 Å². The Hall–Kier alpha value is -1.51. The fraction of sp³-hybridized carbons (Fsp3) is 0.562. The van der Waals surface area contributed by atoms with Crippen molar-refractivity contribution in [2.75, 3.05) is 12.4 Å². The van der Waals surface area contributed by atoms with Crippen molar-refractivity contribution in [3.8, 4) is 5.75 Å². The lowest BCUT2D eigenvalue weighted by molar-refractivity contribution is -0.118. The Balaban J connectivity index is 1.42. The molecule has 0 heterocycles. The molecular formula is C16H19NO2. The molecule has 0 aliphatic heterocycles. The summed E-state index contributed by atoms with van der Waals surface area (Å²) in [6, 6.07) is 7.58. The van der Waals surface area contributed by atoms with Crippen LogP contribution in [0.3, 0.4) is 0 Å². The highest BCUT2D eigenvalue weighted by molar-refractivity contribution is 5.95. The SMILES string of the molecule is COc1ccc(NC(=O)C2[C@H]3[C@H]4CC[C@@H](C4)[C@H]23)cc1. The molecule has 0 unspecified atom stereocenters. The minimum atomic E-state index is 0.233. The first-order chi connectivity index (χ1) is 9.28. The second kappa shape index (κ2) is 3.99. The number of amides is 1. The van der Waals surface area contributed by atoms with Gasteiger partial charge < -0.3 is 10.1 Å². The summed E-state index contributed by atoms with van der Waals surface area (Å²) in [4.78, 5) is 12.3. The Kier molecular flexibility index (Phi) is 2.38. The van der Waals surface area contributed by atoms with E-state index in [1.54, 1.807) is 7.11 Å². The lowest BCUT2D eigenvalue weighted by atomic mass is 10.0. The van der Waals surface area contributed by atoms with Gasteiger partial charge in [0.15, 0.2) is 0 Å². The van der Waals surface area contributed by atoms with Crippen molar-refractivity contribution in [3.63, 3.8) is 0 Å². The van der Waals surface area contributed by atoms with Gasteiger partial charge in [0, 0.05) is 11.6 Å². The molecule has 4 rings (SSSR count). The molecule has 3 fully saturated rings. The van der Waals surface area contributed by atoms with E-state index in [-0.39, 0.29) is 5.91 Å². The van der Waals surface area contributed by atoms with Gasteiger partial charge in [-0.25, -0.2) is 0 Å². The van der Waals surface area contributed by atoms with E-state index in [1.807, 2.05) is 24.3 Å². The van der Waals surface area contributed by atoms with Gasteiger partial charge in [-0.2, -0.15) is 0 Å². The van der Waals surface area contributed by atoms with Crippen molar-refractivity contribution in [2.45, 2.75) is 19.3 Å². The van der Waals surface area contributed by atoms with Crippen molar-refractivity contribution in [2.24, 2.45) is 29.6 Å². The van der Waals surface area contributed by atoms with E-state index >= 15 is 0 Å². The van der Waals surface area contributed by atoms with E-state index in [9.17, 15) is 4.79 Å². The van der Waals surface area contributed by atoms with Gasteiger partial charge in [-0.05, 0) is 67.2 Å². The molecule has 1 aromatic rings. The van der Waals surface area contributed by atoms with Gasteiger partial charge in [0.05, 0.1) is 7.11 Å². The second-order valence-electron chi connectivity index (χ2n) is 6.23. The molecule has 0 spiro atoms. The fourth-order valence-corrected chi connectivity index (χ4v) is 4.58. The lowest BCUT2D eigenvalue weighted by Gasteiger charge is -2.10. The molecule has 3 aliphatic carbocycles. The highest BCUT2D eigenvalue weighted by atomic mass is 16.5. The van der Waals surface area contributed by atoms with Crippen LogP contribution in [0.5, 0.6) is 5.75 Å². The van der Waals surface area contributed by atoms with E-state index in [1.165, 1.54) is 19.3 Å². The highest BCUT2D eigenvalue weighted by Gasteiger charge is 2.67. The van der Waals surface area contributed by atoms with Crippen LogP contribution in [0.1, 0.15) is 19.3 Å². The average Bonchev–Trinajstić information content (AvgIpc) is 2.89. The second-order valence-corrected chi connectivity index (χ2v) is 6.23. The number of hydrogen-bond donors (Lipinski definition) is 1. The smallest absolute Gasteiger partial charge is 0.228 e. The maximum atomic E-state index is 12.3. The average molecular weight is 257 g/mol. The van der Waals surface area contributed by atoms with Crippen LogP contribution in [-0.2, 0) is 4.79 Å². The third kappa shape index (κ3) is 1.67. The molecular weight excluding hydrogens is 238 g/mol. The predicted molar refractivity (Wildman–Crippen MR) is 72.9 cm³/mol. The third-order valence-corrected chi connectivity index (χ3v) is 5.40. The van der Waals surface area contributed by atoms with Crippen LogP contribution in [0, 0.1) is 29.6 Å². The molecule has 1 N–H and O–H groups in total. The number of methoxy groups -OCH3 is 1. The first-order valence-corrected chi connectivity index (χ1v) is 7.23. The third-order valence-electron chi connectivity index (χ3n) is 5.40. The Bertz CT molecular complexity index is 494. The number of anilines is 1. The standard InChI is InChI=1S/C16H19NO2/c1-19-12-6-4-11(5-7-12)17-16(18)15-13-9-2-3-10(8-9)14(13)15/h4-7,9-10,13-15H,2-3,8H2,1H3,(H,17,18)/t9-,10-,13-,14-/m0/s1. The quantitative estimate of drug-likeness (QED) is 0.904. The maximum absolute atomic E-state index is 12.3. The van der Waals surface area contributed by atoms with Crippen molar-refractivity contribution >= 4 is 11.6 Å². The van der Waals surface area contributed by atoms with E-state index in [0.29, 0.717) is 17.8 Å². The van der Waals surface area contributed by atoms with E-state index < -0.39 is 0 Å². The molecule has 4 atom stereocenters. The summed E-state index contributed by atoms with van der Waals surface area (Å²) in [6.45, 7) is 0. The molecule has 3 nitrogen and oxygen atoms in total. The van der Waals surface area contributed by atoms with Crippen molar-refractivity contribution in [1.82, 2.24) is 0 Å². The molecule has 0 aromatic heterocycles. The van der Waals surface area contributed by atoms with E-state index in [4.69, 9.17) is 4.74 Å². The van der Waals surface area contributed by atoms with Crippen molar-refractivity contribution in [1.29, 1.82) is 0 Å². The lowest BCUT2D eigenvalue weighted by Crippen LogP contribution is -2.18. The van der Waals surface area contributed by atoms with Gasteiger partial charge in [-0.15, -0.1) is 0 Å². The molecule has 0 radical (unpaired) electrons. The topological polar surface area (TPSA) is 38.3 Å². The Morgan fingerprint density at radius 3 is 2.37 bits per heavy atom. The molecule has 1 aromatic carbocycles. The summed E-state index contributed by atoms with van der Waals surface area (Å²) >= 11 is 0. The monoisotopic (exact) mass is 257 g/mol. The number of fused-ring (bicyclic) bond motifs is 5. The fourth-order valence-electron chi connectivity index (χ4n) is 4.58. The number of benzene rings is 1. The van der Waals surface area contributed by atoms with E-state index in [0.717, 1.165) is 23.3 Å². The van der Waals surface area contributed by atoms with Gasteiger partial charge in [0.1, 0.15) is 5.75 Å². The van der Waals surface area contributed by atoms with Gasteiger partial charge in [-0.3, -0.25) is 4.79 Å². The molecule has 100 valence electrons. The van der Waals surface area contributed by atoms with Crippen LogP contribution in [0.4, 0.5) is 5.69 Å². The van der Waals surface area contributed by atoms with Crippen LogP contribution in [0.15, 0.2) is 24.3 Å². The van der Waals surface area contributed by atoms with Crippen molar-refractivity contribution in [3.05, 3.63) is 24.3 Å². The molecule has 2 bridgehead atoms. The normalized spacial score (nSPS) is 37.8. The number of hydrogen-bond acceptors (Lipinski definition) is 2. The van der Waals surface area contributed by atoms with Crippen molar-refractivity contribution < 1.29 is 9.53 Å². The van der Waals surface area contributed by atoms with Crippen LogP contribution in [0.25, 0.3) is 0 Å². The number of nitrogens with one attached hydrogen (secondary N) is 1. The minimum absolute atomic E-state index is 0.233. The first kappa shape index (κ1) is 11.3. The Morgan fingerprint density at radius 2 is 1.79 bits per heavy atom. The maximum Gasteiger partial charge on any atom is 0.228 e. The zero-order chi connectivity index (χ0) is 13.0. The molecule has 3 aliphatic rings. The number of ether oxygens (including phenoxy) is 1. The summed E-state index contributed by atoms with van der Waals surface area (Å²) in [5, 5.41) is 3.06. The molecule has 1 amide bonds.